The highest BCUT2D eigenvalue weighted by molar-refractivity contribution is 5.85. The fraction of sp³-hybridized carbons (Fsp3) is 0.917. The molecule has 1 saturated carbocycles. The van der Waals surface area contributed by atoms with Gasteiger partial charge in [0.2, 0.25) is 5.91 Å². The number of nitrogens with two attached hydrogens (primary N) is 1. The summed E-state index contributed by atoms with van der Waals surface area (Å²) >= 11 is 0. The molecule has 1 aliphatic heterocycles. The van der Waals surface area contributed by atoms with E-state index in [-0.39, 0.29) is 24.4 Å². The molecule has 100 valence electrons. The van der Waals surface area contributed by atoms with Crippen LogP contribution in [0.4, 0.5) is 0 Å². The topological polar surface area (TPSA) is 58.4 Å². The Morgan fingerprint density at radius 3 is 2.59 bits per heavy atom. The Hall–Kier alpha value is -0.320. The highest BCUT2D eigenvalue weighted by atomic mass is 35.5. The average molecular weight is 262 g/mol. The molecule has 2 aliphatic rings. The molecule has 17 heavy (non-hydrogen) atoms. The zero-order valence-electron chi connectivity index (χ0n) is 10.4. The molecular formula is C12H24ClN3O. The van der Waals surface area contributed by atoms with E-state index in [1.165, 1.54) is 12.8 Å². The van der Waals surface area contributed by atoms with E-state index < -0.39 is 0 Å². The summed E-state index contributed by atoms with van der Waals surface area (Å²) in [6.45, 7) is 2.42. The Morgan fingerprint density at radius 1 is 1.24 bits per heavy atom. The molecule has 0 bridgehead atoms. The highest BCUT2D eigenvalue weighted by Crippen LogP contribution is 2.17. The minimum absolute atomic E-state index is 0. The van der Waals surface area contributed by atoms with Crippen LogP contribution in [-0.4, -0.2) is 42.5 Å². The summed E-state index contributed by atoms with van der Waals surface area (Å²) in [6, 6.07) is 0.694. The number of halogens is 1. The Balaban J connectivity index is 0.00000144. The summed E-state index contributed by atoms with van der Waals surface area (Å²) in [4.78, 5) is 14.0. The lowest BCUT2D eigenvalue weighted by Crippen LogP contribution is -2.48. The van der Waals surface area contributed by atoms with Crippen molar-refractivity contribution in [1.82, 2.24) is 10.2 Å². The minimum atomic E-state index is 0. The lowest BCUT2D eigenvalue weighted by Gasteiger charge is -2.30. The molecule has 2 rings (SSSR count). The Kier molecular flexibility index (Phi) is 6.23. The summed E-state index contributed by atoms with van der Waals surface area (Å²) < 4.78 is 0. The third-order valence-electron chi connectivity index (χ3n) is 3.63. The van der Waals surface area contributed by atoms with Crippen LogP contribution >= 0.6 is 12.4 Å². The molecule has 1 unspecified atom stereocenters. The van der Waals surface area contributed by atoms with Crippen LogP contribution in [0.2, 0.25) is 0 Å². The van der Waals surface area contributed by atoms with Gasteiger partial charge in [0.25, 0.3) is 0 Å². The van der Waals surface area contributed by atoms with Crippen LogP contribution in [0.5, 0.6) is 0 Å². The quantitative estimate of drug-likeness (QED) is 0.793. The normalized spacial score (nSPS) is 26.5. The second-order valence-corrected chi connectivity index (χ2v) is 5.19. The maximum absolute atomic E-state index is 11.8. The summed E-state index contributed by atoms with van der Waals surface area (Å²) in [5.74, 6) is 0.181. The van der Waals surface area contributed by atoms with Gasteiger partial charge in [-0.2, -0.15) is 0 Å². The molecule has 4 nitrogen and oxygen atoms in total. The molecule has 1 amide bonds. The van der Waals surface area contributed by atoms with Crippen LogP contribution < -0.4 is 11.1 Å². The number of hydrogen-bond acceptors (Lipinski definition) is 3. The van der Waals surface area contributed by atoms with Gasteiger partial charge in [0, 0.05) is 18.6 Å². The SMILES string of the molecule is Cl.NC1CCCN(CC(=O)NC2CCCC2)C1. The van der Waals surface area contributed by atoms with E-state index in [9.17, 15) is 4.79 Å². The molecular weight excluding hydrogens is 238 g/mol. The van der Waals surface area contributed by atoms with Gasteiger partial charge in [0.05, 0.1) is 6.54 Å². The summed E-state index contributed by atoms with van der Waals surface area (Å²) in [7, 11) is 0. The predicted molar refractivity (Wildman–Crippen MR) is 71.3 cm³/mol. The van der Waals surface area contributed by atoms with Crippen molar-refractivity contribution in [2.24, 2.45) is 5.73 Å². The lowest BCUT2D eigenvalue weighted by molar-refractivity contribution is -0.123. The zero-order chi connectivity index (χ0) is 11.4. The number of piperidine rings is 1. The molecule has 0 aromatic rings. The first-order valence-electron chi connectivity index (χ1n) is 6.51. The number of amides is 1. The van der Waals surface area contributed by atoms with Gasteiger partial charge in [-0.25, -0.2) is 0 Å². The van der Waals surface area contributed by atoms with Gasteiger partial charge in [-0.15, -0.1) is 12.4 Å². The van der Waals surface area contributed by atoms with Crippen molar-refractivity contribution in [2.45, 2.75) is 50.6 Å². The number of carbonyl (C=O) groups is 1. The molecule has 5 heteroatoms. The molecule has 1 saturated heterocycles. The van der Waals surface area contributed by atoms with Crippen molar-refractivity contribution < 1.29 is 4.79 Å². The van der Waals surface area contributed by atoms with Crippen molar-refractivity contribution >= 4 is 18.3 Å². The van der Waals surface area contributed by atoms with Gasteiger partial charge in [0.15, 0.2) is 0 Å². The van der Waals surface area contributed by atoms with Crippen molar-refractivity contribution in [3.8, 4) is 0 Å². The number of carbonyl (C=O) groups excluding carboxylic acids is 1. The second-order valence-electron chi connectivity index (χ2n) is 5.19. The van der Waals surface area contributed by atoms with Crippen LogP contribution in [0.25, 0.3) is 0 Å². The highest BCUT2D eigenvalue weighted by Gasteiger charge is 2.21. The Bertz CT molecular complexity index is 244. The monoisotopic (exact) mass is 261 g/mol. The third-order valence-corrected chi connectivity index (χ3v) is 3.63. The van der Waals surface area contributed by atoms with Crippen LogP contribution in [0, 0.1) is 0 Å². The van der Waals surface area contributed by atoms with E-state index in [0.29, 0.717) is 12.6 Å². The number of nitrogens with one attached hydrogen (secondary N) is 1. The van der Waals surface area contributed by atoms with Crippen LogP contribution in [0.15, 0.2) is 0 Å². The molecule has 0 radical (unpaired) electrons. The van der Waals surface area contributed by atoms with E-state index in [0.717, 1.165) is 38.8 Å². The van der Waals surface area contributed by atoms with Gasteiger partial charge in [0.1, 0.15) is 0 Å². The zero-order valence-corrected chi connectivity index (χ0v) is 11.2. The van der Waals surface area contributed by atoms with E-state index >= 15 is 0 Å². The maximum atomic E-state index is 11.8. The molecule has 0 aromatic carbocycles. The number of likely N-dealkylation sites (tertiary alicyclic amines) is 1. The van der Waals surface area contributed by atoms with Crippen LogP contribution in [0.3, 0.4) is 0 Å². The number of nitrogens with zero attached hydrogens (tertiary/aromatic N) is 1. The second kappa shape index (κ2) is 7.19. The van der Waals surface area contributed by atoms with Crippen molar-refractivity contribution in [1.29, 1.82) is 0 Å². The largest absolute Gasteiger partial charge is 0.352 e. The molecule has 3 N–H and O–H groups in total. The smallest absolute Gasteiger partial charge is 0.234 e. The Labute approximate surface area is 110 Å². The van der Waals surface area contributed by atoms with E-state index in [2.05, 4.69) is 10.2 Å². The molecule has 0 aromatic heterocycles. The van der Waals surface area contributed by atoms with Gasteiger partial charge < -0.3 is 11.1 Å². The van der Waals surface area contributed by atoms with Gasteiger partial charge in [-0.05, 0) is 32.2 Å². The van der Waals surface area contributed by atoms with E-state index in [1.54, 1.807) is 0 Å². The fourth-order valence-corrected chi connectivity index (χ4v) is 2.78. The average Bonchev–Trinajstić information content (AvgIpc) is 2.70. The molecule has 1 aliphatic carbocycles. The number of rotatable bonds is 3. The van der Waals surface area contributed by atoms with Gasteiger partial charge in [-0.1, -0.05) is 12.8 Å². The van der Waals surface area contributed by atoms with Gasteiger partial charge in [-0.3, -0.25) is 9.69 Å². The number of hydrogen-bond donors (Lipinski definition) is 2. The summed E-state index contributed by atoms with van der Waals surface area (Å²) in [5.41, 5.74) is 5.89. The predicted octanol–water partition coefficient (Wildman–Crippen LogP) is 0.890. The summed E-state index contributed by atoms with van der Waals surface area (Å²) in [6.07, 6.45) is 7.06. The molecule has 1 atom stereocenters. The maximum Gasteiger partial charge on any atom is 0.234 e. The standard InChI is InChI=1S/C12H23N3O.ClH/c13-10-4-3-7-15(8-10)9-12(16)14-11-5-1-2-6-11;/h10-11H,1-9,13H2,(H,14,16);1H. The minimum Gasteiger partial charge on any atom is -0.352 e. The van der Waals surface area contributed by atoms with E-state index in [4.69, 9.17) is 5.73 Å². The van der Waals surface area contributed by atoms with Crippen molar-refractivity contribution in [3.63, 3.8) is 0 Å². The first-order valence-corrected chi connectivity index (χ1v) is 6.51. The molecule has 1 heterocycles. The van der Waals surface area contributed by atoms with E-state index in [1.807, 2.05) is 0 Å². The summed E-state index contributed by atoms with van der Waals surface area (Å²) in [5, 5.41) is 3.12. The van der Waals surface area contributed by atoms with Crippen molar-refractivity contribution in [2.75, 3.05) is 19.6 Å². The fourth-order valence-electron chi connectivity index (χ4n) is 2.78. The molecule has 0 spiro atoms. The lowest BCUT2D eigenvalue weighted by atomic mass is 10.1. The Morgan fingerprint density at radius 2 is 1.94 bits per heavy atom. The van der Waals surface area contributed by atoms with Crippen LogP contribution in [-0.2, 0) is 4.79 Å². The first-order chi connectivity index (χ1) is 7.74. The first kappa shape index (κ1) is 14.7. The van der Waals surface area contributed by atoms with Gasteiger partial charge >= 0.3 is 0 Å². The molecule has 2 fully saturated rings. The van der Waals surface area contributed by atoms with Crippen LogP contribution in [0.1, 0.15) is 38.5 Å². The third kappa shape index (κ3) is 4.82. The van der Waals surface area contributed by atoms with Crippen molar-refractivity contribution in [3.05, 3.63) is 0 Å².